The molecule has 0 bridgehead atoms. The van der Waals surface area contributed by atoms with Crippen LogP contribution in [0.25, 0.3) is 11.0 Å². The Morgan fingerprint density at radius 1 is 1.16 bits per heavy atom. The number of thiazole rings is 1. The molecule has 0 aliphatic rings. The molecule has 0 unspecified atom stereocenters. The second-order valence-corrected chi connectivity index (χ2v) is 6.65. The summed E-state index contributed by atoms with van der Waals surface area (Å²) in [4.78, 5) is 17.5. The van der Waals surface area contributed by atoms with Crippen molar-refractivity contribution in [3.8, 4) is 0 Å². The molecule has 0 saturated heterocycles. The first-order chi connectivity index (χ1) is 12.2. The standard InChI is InChI=1S/C19H13FN2O2S/c20-14-7-5-12(6-8-14)9-15-11-21-19(25-15)22-18(23)17-10-13-3-1-2-4-16(13)24-17/h1-8,10-11H,9H2,(H,21,22,23). The van der Waals surface area contributed by atoms with Crippen molar-refractivity contribution in [2.24, 2.45) is 0 Å². The van der Waals surface area contributed by atoms with E-state index < -0.39 is 0 Å². The van der Waals surface area contributed by atoms with Crippen molar-refractivity contribution in [2.45, 2.75) is 6.42 Å². The third-order valence-corrected chi connectivity index (χ3v) is 4.63. The van der Waals surface area contributed by atoms with Crippen molar-refractivity contribution in [3.63, 3.8) is 0 Å². The fourth-order valence-electron chi connectivity index (χ4n) is 2.50. The largest absolute Gasteiger partial charge is 0.451 e. The van der Waals surface area contributed by atoms with Gasteiger partial charge in [-0.3, -0.25) is 10.1 Å². The van der Waals surface area contributed by atoms with Gasteiger partial charge in [0.05, 0.1) is 0 Å². The number of carbonyl (C=O) groups excluding carboxylic acids is 1. The lowest BCUT2D eigenvalue weighted by atomic mass is 10.1. The SMILES string of the molecule is O=C(Nc1ncc(Cc2ccc(F)cc2)s1)c1cc2ccccc2o1. The summed E-state index contributed by atoms with van der Waals surface area (Å²) in [6, 6.07) is 15.5. The molecule has 4 rings (SSSR count). The molecule has 0 radical (unpaired) electrons. The maximum absolute atomic E-state index is 12.9. The normalized spacial score (nSPS) is 10.9. The highest BCUT2D eigenvalue weighted by molar-refractivity contribution is 7.15. The van der Waals surface area contributed by atoms with E-state index in [-0.39, 0.29) is 17.5 Å². The number of furan rings is 1. The third kappa shape index (κ3) is 3.44. The quantitative estimate of drug-likeness (QED) is 0.570. The van der Waals surface area contributed by atoms with Crippen LogP contribution in [0.15, 0.2) is 65.2 Å². The number of rotatable bonds is 4. The third-order valence-electron chi connectivity index (χ3n) is 3.71. The second-order valence-electron chi connectivity index (χ2n) is 5.54. The lowest BCUT2D eigenvalue weighted by molar-refractivity contribution is 0.0998. The van der Waals surface area contributed by atoms with Crippen molar-refractivity contribution < 1.29 is 13.6 Å². The molecule has 25 heavy (non-hydrogen) atoms. The lowest BCUT2D eigenvalue weighted by Gasteiger charge is -1.98. The van der Waals surface area contributed by atoms with E-state index in [1.54, 1.807) is 24.4 Å². The molecule has 1 N–H and O–H groups in total. The van der Waals surface area contributed by atoms with Gasteiger partial charge in [0.2, 0.25) is 0 Å². The molecular weight excluding hydrogens is 339 g/mol. The zero-order chi connectivity index (χ0) is 17.2. The molecule has 0 atom stereocenters. The maximum atomic E-state index is 12.9. The molecule has 0 fully saturated rings. The molecule has 4 nitrogen and oxygen atoms in total. The van der Waals surface area contributed by atoms with Crippen LogP contribution in [-0.2, 0) is 6.42 Å². The Morgan fingerprint density at radius 2 is 1.96 bits per heavy atom. The van der Waals surface area contributed by atoms with Gasteiger partial charge in [-0.15, -0.1) is 11.3 Å². The number of aromatic nitrogens is 1. The molecule has 0 aliphatic heterocycles. The van der Waals surface area contributed by atoms with E-state index in [4.69, 9.17) is 4.42 Å². The van der Waals surface area contributed by atoms with Gasteiger partial charge in [0.1, 0.15) is 11.4 Å². The minimum atomic E-state index is -0.334. The van der Waals surface area contributed by atoms with Crippen LogP contribution in [0.4, 0.5) is 9.52 Å². The van der Waals surface area contributed by atoms with Crippen LogP contribution < -0.4 is 5.32 Å². The number of halogens is 1. The van der Waals surface area contributed by atoms with Crippen molar-refractivity contribution in [2.75, 3.05) is 5.32 Å². The van der Waals surface area contributed by atoms with E-state index >= 15 is 0 Å². The molecule has 2 aromatic carbocycles. The minimum absolute atomic E-state index is 0.247. The molecule has 0 aliphatic carbocycles. The van der Waals surface area contributed by atoms with E-state index in [1.807, 2.05) is 24.3 Å². The number of hydrogen-bond acceptors (Lipinski definition) is 4. The predicted molar refractivity (Wildman–Crippen MR) is 95.5 cm³/mol. The smallest absolute Gasteiger partial charge is 0.293 e. The van der Waals surface area contributed by atoms with Gasteiger partial charge in [-0.25, -0.2) is 9.37 Å². The Kier molecular flexibility index (Phi) is 4.03. The highest BCUT2D eigenvalue weighted by atomic mass is 32.1. The molecule has 4 aromatic rings. The van der Waals surface area contributed by atoms with E-state index in [9.17, 15) is 9.18 Å². The van der Waals surface area contributed by atoms with Gasteiger partial charge in [0.15, 0.2) is 10.9 Å². The molecule has 0 spiro atoms. The van der Waals surface area contributed by atoms with Gasteiger partial charge in [-0.2, -0.15) is 0 Å². The van der Waals surface area contributed by atoms with Gasteiger partial charge in [0, 0.05) is 22.9 Å². The predicted octanol–water partition coefficient (Wildman–Crippen LogP) is 4.87. The number of hydrogen-bond donors (Lipinski definition) is 1. The first-order valence-corrected chi connectivity index (χ1v) is 8.48. The van der Waals surface area contributed by atoms with Gasteiger partial charge in [0.25, 0.3) is 5.91 Å². The Bertz CT molecular complexity index is 1000. The highest BCUT2D eigenvalue weighted by Crippen LogP contribution is 2.23. The van der Waals surface area contributed by atoms with Crippen LogP contribution in [-0.4, -0.2) is 10.9 Å². The molecule has 2 aromatic heterocycles. The molecule has 6 heteroatoms. The van der Waals surface area contributed by atoms with Crippen molar-refractivity contribution in [1.29, 1.82) is 0 Å². The van der Waals surface area contributed by atoms with E-state index in [0.29, 0.717) is 17.1 Å². The average molecular weight is 352 g/mol. The van der Waals surface area contributed by atoms with Gasteiger partial charge in [-0.05, 0) is 29.8 Å². The summed E-state index contributed by atoms with van der Waals surface area (Å²) in [5.74, 6) is -0.345. The summed E-state index contributed by atoms with van der Waals surface area (Å²) in [5, 5.41) is 4.13. The number of carbonyl (C=O) groups is 1. The van der Waals surface area contributed by atoms with Crippen LogP contribution >= 0.6 is 11.3 Å². The first-order valence-electron chi connectivity index (χ1n) is 7.66. The van der Waals surface area contributed by atoms with Gasteiger partial charge >= 0.3 is 0 Å². The number of para-hydroxylation sites is 1. The number of fused-ring (bicyclic) bond motifs is 1. The summed E-state index contributed by atoms with van der Waals surface area (Å²) in [5.41, 5.74) is 1.66. The minimum Gasteiger partial charge on any atom is -0.451 e. The number of nitrogens with zero attached hydrogens (tertiary/aromatic N) is 1. The Morgan fingerprint density at radius 3 is 2.76 bits per heavy atom. The fraction of sp³-hybridized carbons (Fsp3) is 0.0526. The molecular formula is C19H13FN2O2S. The number of amides is 1. The topological polar surface area (TPSA) is 55.1 Å². The van der Waals surface area contributed by atoms with Crippen LogP contribution in [0, 0.1) is 5.82 Å². The number of benzene rings is 2. The molecule has 0 saturated carbocycles. The van der Waals surface area contributed by atoms with Crippen LogP contribution in [0.5, 0.6) is 0 Å². The van der Waals surface area contributed by atoms with E-state index in [0.717, 1.165) is 15.8 Å². The number of nitrogens with one attached hydrogen (secondary N) is 1. The highest BCUT2D eigenvalue weighted by Gasteiger charge is 2.14. The van der Waals surface area contributed by atoms with E-state index in [1.165, 1.54) is 23.5 Å². The summed E-state index contributed by atoms with van der Waals surface area (Å²) in [6.45, 7) is 0. The zero-order valence-corrected chi connectivity index (χ0v) is 13.8. The van der Waals surface area contributed by atoms with E-state index in [2.05, 4.69) is 10.3 Å². The van der Waals surface area contributed by atoms with Crippen molar-refractivity contribution in [3.05, 3.63) is 82.8 Å². The summed E-state index contributed by atoms with van der Waals surface area (Å²) in [7, 11) is 0. The Labute approximate surface area is 146 Å². The zero-order valence-electron chi connectivity index (χ0n) is 13.0. The van der Waals surface area contributed by atoms with Crippen LogP contribution in [0.3, 0.4) is 0 Å². The first kappa shape index (κ1) is 15.5. The Balaban J connectivity index is 1.46. The van der Waals surface area contributed by atoms with Crippen LogP contribution in [0.2, 0.25) is 0 Å². The molecule has 124 valence electrons. The van der Waals surface area contributed by atoms with Crippen molar-refractivity contribution >= 4 is 33.3 Å². The van der Waals surface area contributed by atoms with Gasteiger partial charge < -0.3 is 4.42 Å². The van der Waals surface area contributed by atoms with Crippen LogP contribution in [0.1, 0.15) is 21.0 Å². The maximum Gasteiger partial charge on any atom is 0.293 e. The lowest BCUT2D eigenvalue weighted by Crippen LogP contribution is -2.10. The second kappa shape index (κ2) is 6.49. The number of anilines is 1. The average Bonchev–Trinajstić information content (AvgIpc) is 3.23. The van der Waals surface area contributed by atoms with Crippen molar-refractivity contribution in [1.82, 2.24) is 4.98 Å². The fourth-order valence-corrected chi connectivity index (χ4v) is 3.34. The molecule has 2 heterocycles. The summed E-state index contributed by atoms with van der Waals surface area (Å²) in [6.07, 6.45) is 2.35. The molecule has 1 amide bonds. The van der Waals surface area contributed by atoms with Gasteiger partial charge in [-0.1, -0.05) is 30.3 Å². The monoisotopic (exact) mass is 352 g/mol. The summed E-state index contributed by atoms with van der Waals surface area (Å²) < 4.78 is 18.5. The Hall–Kier alpha value is -2.99. The summed E-state index contributed by atoms with van der Waals surface area (Å²) >= 11 is 1.38.